The van der Waals surface area contributed by atoms with Gasteiger partial charge in [0, 0.05) is 37.3 Å². The highest BCUT2D eigenvalue weighted by Crippen LogP contribution is 2.42. The van der Waals surface area contributed by atoms with Crippen LogP contribution in [0.1, 0.15) is 38.4 Å². The fourth-order valence-electron chi connectivity index (χ4n) is 4.93. The molecule has 0 aromatic heterocycles. The van der Waals surface area contributed by atoms with Gasteiger partial charge in [-0.3, -0.25) is 14.6 Å². The van der Waals surface area contributed by atoms with Crippen molar-refractivity contribution in [3.63, 3.8) is 0 Å². The molecule has 0 saturated carbocycles. The number of alkyl halides is 3. The number of allylic oxidation sites excluding steroid dienone is 5. The summed E-state index contributed by atoms with van der Waals surface area (Å²) in [6.45, 7) is 6.20. The molecule has 4 rings (SSSR count). The molecule has 1 aromatic rings. The van der Waals surface area contributed by atoms with Crippen molar-refractivity contribution in [2.24, 2.45) is 4.99 Å². The molecule has 1 N–H and O–H groups in total. The summed E-state index contributed by atoms with van der Waals surface area (Å²) in [4.78, 5) is 21.4. The summed E-state index contributed by atoms with van der Waals surface area (Å²) >= 11 is 6.19. The zero-order chi connectivity index (χ0) is 27.4. The summed E-state index contributed by atoms with van der Waals surface area (Å²) in [6, 6.07) is 4.71. The van der Waals surface area contributed by atoms with Gasteiger partial charge in [-0.15, -0.1) is 0 Å². The van der Waals surface area contributed by atoms with Crippen LogP contribution in [0.4, 0.5) is 18.9 Å². The largest absolute Gasteiger partial charge is 0.449 e. The Kier molecular flexibility index (Phi) is 8.97. The maximum absolute atomic E-state index is 13.8. The molecule has 0 spiro atoms. The van der Waals surface area contributed by atoms with Crippen molar-refractivity contribution in [2.45, 2.75) is 45.3 Å². The zero-order valence-electron chi connectivity index (χ0n) is 21.8. The van der Waals surface area contributed by atoms with E-state index in [0.29, 0.717) is 43.2 Å². The number of ether oxygens (including phenoxy) is 1. The smallest absolute Gasteiger partial charge is 0.355 e. The van der Waals surface area contributed by atoms with E-state index < -0.39 is 18.2 Å². The van der Waals surface area contributed by atoms with Crippen LogP contribution >= 0.6 is 11.6 Å². The van der Waals surface area contributed by atoms with E-state index in [1.54, 1.807) is 6.07 Å². The Morgan fingerprint density at radius 2 is 2.08 bits per heavy atom. The Balaban J connectivity index is 1.37. The van der Waals surface area contributed by atoms with E-state index >= 15 is 0 Å². The summed E-state index contributed by atoms with van der Waals surface area (Å²) in [5.74, 6) is -1.01. The van der Waals surface area contributed by atoms with Gasteiger partial charge in [-0.05, 0) is 43.7 Å². The van der Waals surface area contributed by atoms with E-state index in [9.17, 15) is 18.0 Å². The molecule has 0 bridgehead atoms. The van der Waals surface area contributed by atoms with Crippen LogP contribution in [-0.2, 0) is 9.53 Å². The van der Waals surface area contributed by atoms with E-state index in [2.05, 4.69) is 21.3 Å². The van der Waals surface area contributed by atoms with Gasteiger partial charge in [0.15, 0.2) is 0 Å². The number of carbonyl (C=O) groups excluding carboxylic acids is 1. The number of halogens is 4. The summed E-state index contributed by atoms with van der Waals surface area (Å²) in [5.41, 5.74) is 3.00. The average molecular weight is 552 g/mol. The number of carbonyl (C=O) groups is 1. The van der Waals surface area contributed by atoms with Crippen LogP contribution in [0.2, 0.25) is 5.02 Å². The lowest BCUT2D eigenvalue weighted by molar-refractivity contribution is -0.120. The fraction of sp³-hybridized carbons (Fsp3) is 0.481. The van der Waals surface area contributed by atoms with Crippen LogP contribution in [-0.4, -0.2) is 78.8 Å². The quantitative estimate of drug-likeness (QED) is 0.484. The first-order valence-electron chi connectivity index (χ1n) is 12.6. The fourth-order valence-corrected chi connectivity index (χ4v) is 5.11. The lowest BCUT2D eigenvalue weighted by Crippen LogP contribution is -2.49. The number of amidine groups is 1. The van der Waals surface area contributed by atoms with Gasteiger partial charge in [-0.1, -0.05) is 48.4 Å². The van der Waals surface area contributed by atoms with Gasteiger partial charge in [-0.2, -0.15) is 13.2 Å². The van der Waals surface area contributed by atoms with E-state index in [-0.39, 0.29) is 24.6 Å². The molecule has 7 nitrogen and oxygen atoms in total. The maximum atomic E-state index is 13.8. The summed E-state index contributed by atoms with van der Waals surface area (Å²) in [6.07, 6.45) is 3.60. The topological polar surface area (TPSA) is 60.4 Å². The highest BCUT2D eigenvalue weighted by Gasteiger charge is 2.46. The highest BCUT2D eigenvalue weighted by atomic mass is 35.5. The van der Waals surface area contributed by atoms with Gasteiger partial charge in [-0.25, -0.2) is 4.99 Å². The van der Waals surface area contributed by atoms with Crippen LogP contribution in [0.3, 0.4) is 0 Å². The molecular formula is C27H33ClF3N5O2. The van der Waals surface area contributed by atoms with E-state index in [1.807, 2.05) is 37.0 Å². The minimum Gasteiger partial charge on any atom is -0.355 e. The van der Waals surface area contributed by atoms with Gasteiger partial charge < -0.3 is 15.0 Å². The monoisotopic (exact) mass is 551 g/mol. The number of benzene rings is 1. The Morgan fingerprint density at radius 1 is 1.29 bits per heavy atom. The van der Waals surface area contributed by atoms with Gasteiger partial charge in [0.1, 0.15) is 19.1 Å². The van der Waals surface area contributed by atoms with Crippen molar-refractivity contribution >= 4 is 29.0 Å². The first kappa shape index (κ1) is 28.4. The minimum atomic E-state index is -4.60. The molecule has 2 unspecified atom stereocenters. The Bertz CT molecular complexity index is 1160. The second-order valence-corrected chi connectivity index (χ2v) is 10.0. The average Bonchev–Trinajstić information content (AvgIpc) is 3.24. The Labute approximate surface area is 226 Å². The highest BCUT2D eigenvalue weighted by molar-refractivity contribution is 6.30. The molecule has 0 radical (unpaired) electrons. The molecule has 1 aliphatic carbocycles. The van der Waals surface area contributed by atoms with Crippen molar-refractivity contribution in [2.75, 3.05) is 40.0 Å². The van der Waals surface area contributed by atoms with Crippen molar-refractivity contribution in [1.29, 1.82) is 0 Å². The van der Waals surface area contributed by atoms with Crippen molar-refractivity contribution < 1.29 is 22.7 Å². The van der Waals surface area contributed by atoms with E-state index in [1.165, 1.54) is 24.8 Å². The van der Waals surface area contributed by atoms with E-state index in [4.69, 9.17) is 16.3 Å². The third-order valence-corrected chi connectivity index (χ3v) is 7.13. The standard InChI is InChI=1S/C27H33ClF3N5O2/c1-4-35(13-12-32-23(37)14-19-7-5-6-18(2)8-9-19)24-16-36(17-38-24)25-21-15-20(28)10-11-22(21)33-26(34(25)3)27(29,30)31/h6-11,15,24-25H,4-5,12-14,16-17H2,1-3H3,(H,32,37). The number of hydrogen-bond donors (Lipinski definition) is 1. The molecule has 1 fully saturated rings. The van der Waals surface area contributed by atoms with Crippen molar-refractivity contribution in [1.82, 2.24) is 20.0 Å². The summed E-state index contributed by atoms with van der Waals surface area (Å²) in [5, 5.41) is 3.40. The lowest BCUT2D eigenvalue weighted by Gasteiger charge is -2.40. The molecule has 3 aliphatic rings. The summed E-state index contributed by atoms with van der Waals surface area (Å²) < 4.78 is 47.3. The van der Waals surface area contributed by atoms with Crippen LogP contribution in [0.15, 0.2) is 58.6 Å². The van der Waals surface area contributed by atoms with Gasteiger partial charge in [0.25, 0.3) is 0 Å². The molecule has 2 aliphatic heterocycles. The maximum Gasteiger partial charge on any atom is 0.449 e. The molecule has 38 heavy (non-hydrogen) atoms. The molecule has 1 saturated heterocycles. The first-order chi connectivity index (χ1) is 18.1. The predicted molar refractivity (Wildman–Crippen MR) is 142 cm³/mol. The normalized spacial score (nSPS) is 22.1. The Morgan fingerprint density at radius 3 is 2.82 bits per heavy atom. The van der Waals surface area contributed by atoms with Crippen LogP contribution in [0.25, 0.3) is 0 Å². The number of likely N-dealkylation sites (N-methyl/N-ethyl adjacent to an activating group) is 1. The van der Waals surface area contributed by atoms with Crippen molar-refractivity contribution in [3.05, 3.63) is 64.2 Å². The van der Waals surface area contributed by atoms with Crippen LogP contribution in [0.5, 0.6) is 0 Å². The second-order valence-electron chi connectivity index (χ2n) is 9.59. The Hall–Kier alpha value is -2.66. The molecule has 2 heterocycles. The van der Waals surface area contributed by atoms with Gasteiger partial charge in [0.2, 0.25) is 11.7 Å². The second kappa shape index (κ2) is 12.0. The molecule has 1 amide bonds. The molecule has 206 valence electrons. The molecule has 11 heteroatoms. The number of nitrogens with zero attached hydrogens (tertiary/aromatic N) is 4. The number of aliphatic imine (C=N–C) groups is 1. The lowest BCUT2D eigenvalue weighted by atomic mass is 10.1. The number of hydrogen-bond acceptors (Lipinski definition) is 6. The first-order valence-corrected chi connectivity index (χ1v) is 13.0. The van der Waals surface area contributed by atoms with Crippen LogP contribution < -0.4 is 5.32 Å². The third kappa shape index (κ3) is 6.66. The number of rotatable bonds is 8. The number of nitrogens with one attached hydrogen (secondary N) is 1. The van der Waals surface area contributed by atoms with Gasteiger partial charge >= 0.3 is 6.18 Å². The molecule has 2 atom stereocenters. The third-order valence-electron chi connectivity index (χ3n) is 6.90. The van der Waals surface area contributed by atoms with Crippen molar-refractivity contribution in [3.8, 4) is 0 Å². The molecular weight excluding hydrogens is 519 g/mol. The minimum absolute atomic E-state index is 0.0539. The van der Waals surface area contributed by atoms with E-state index in [0.717, 1.165) is 16.9 Å². The molecule has 1 aromatic carbocycles. The number of fused-ring (bicyclic) bond motifs is 1. The van der Waals surface area contributed by atoms with Gasteiger partial charge in [0.05, 0.1) is 12.1 Å². The predicted octanol–water partition coefficient (Wildman–Crippen LogP) is 5.15. The SMILES string of the molecule is CCN(CCNC(=O)CC1=CCC=C(C)C=C1)C1CN(C2c3cc(Cl)ccc3N=C(C(F)(F)F)N2C)CO1. The zero-order valence-corrected chi connectivity index (χ0v) is 22.5. The summed E-state index contributed by atoms with van der Waals surface area (Å²) in [7, 11) is 1.39. The van der Waals surface area contributed by atoms with Crippen LogP contribution in [0, 0.1) is 0 Å². The number of amides is 1.